The lowest BCUT2D eigenvalue weighted by Gasteiger charge is -2.24. The van der Waals surface area contributed by atoms with Gasteiger partial charge >= 0.3 is 0 Å². The van der Waals surface area contributed by atoms with Crippen LogP contribution in [0, 0.1) is 11.3 Å². The molecule has 0 saturated heterocycles. The molecule has 1 aromatic carbocycles. The quantitative estimate of drug-likeness (QED) is 0.792. The largest absolute Gasteiger partial charge is 0.296 e. The van der Waals surface area contributed by atoms with Gasteiger partial charge in [0.25, 0.3) is 14.2 Å². The van der Waals surface area contributed by atoms with Gasteiger partial charge in [-0.3, -0.25) is 4.57 Å². The second-order valence-corrected chi connectivity index (χ2v) is 7.90. The average Bonchev–Trinajstić information content (AvgIpc) is 2.83. The van der Waals surface area contributed by atoms with Gasteiger partial charge in [0.1, 0.15) is 0 Å². The van der Waals surface area contributed by atoms with Crippen molar-refractivity contribution in [1.82, 2.24) is 14.8 Å². The third-order valence-corrected chi connectivity index (χ3v) is 3.91. The van der Waals surface area contributed by atoms with Gasteiger partial charge in [-0.1, -0.05) is 0 Å². The smallest absolute Gasteiger partial charge is 0.291 e. The molecule has 6 nitrogen and oxygen atoms in total. The van der Waals surface area contributed by atoms with E-state index in [0.717, 1.165) is 0 Å². The van der Waals surface area contributed by atoms with Gasteiger partial charge in [0.15, 0.2) is 5.82 Å². The lowest BCUT2D eigenvalue weighted by atomic mass is 10.1. The van der Waals surface area contributed by atoms with Crippen molar-refractivity contribution in [2.24, 2.45) is 0 Å². The van der Waals surface area contributed by atoms with E-state index in [1.807, 2.05) is 26.8 Å². The molecular formula is C13H13ClN4O2S. The van der Waals surface area contributed by atoms with Crippen LogP contribution in [0.5, 0.6) is 0 Å². The first kappa shape index (κ1) is 15.5. The molecule has 1 heterocycles. The summed E-state index contributed by atoms with van der Waals surface area (Å²) >= 11 is 0. The van der Waals surface area contributed by atoms with Crippen molar-refractivity contribution in [2.45, 2.75) is 31.5 Å². The minimum atomic E-state index is -4.01. The molecule has 2 rings (SSSR count). The van der Waals surface area contributed by atoms with Crippen LogP contribution in [0.4, 0.5) is 0 Å². The summed E-state index contributed by atoms with van der Waals surface area (Å²) in [5, 5.41) is 16.2. The third kappa shape index (κ3) is 3.06. The van der Waals surface area contributed by atoms with Crippen molar-refractivity contribution in [1.29, 1.82) is 5.26 Å². The molecule has 2 aromatic rings. The Morgan fingerprint density at radius 2 is 1.76 bits per heavy atom. The molecule has 0 fully saturated rings. The molecule has 0 spiro atoms. The van der Waals surface area contributed by atoms with Crippen LogP contribution < -0.4 is 0 Å². The van der Waals surface area contributed by atoms with Crippen LogP contribution in [-0.4, -0.2) is 23.2 Å². The lowest BCUT2D eigenvalue weighted by molar-refractivity contribution is 0.367. The second-order valence-electron chi connectivity index (χ2n) is 5.44. The van der Waals surface area contributed by atoms with Gasteiger partial charge in [-0.2, -0.15) is 5.26 Å². The fourth-order valence-corrected chi connectivity index (χ4v) is 2.93. The van der Waals surface area contributed by atoms with E-state index in [1.54, 1.807) is 24.3 Å². The SMILES string of the molecule is CC(C)(C)n1c(-c2ccc(C#N)cc2)nnc1S(=O)(=O)Cl. The molecule has 0 unspecified atom stereocenters. The molecule has 0 aliphatic carbocycles. The van der Waals surface area contributed by atoms with Crippen LogP contribution in [0.2, 0.25) is 0 Å². The van der Waals surface area contributed by atoms with Crippen molar-refractivity contribution in [3.8, 4) is 17.5 Å². The highest BCUT2D eigenvalue weighted by atomic mass is 35.7. The topological polar surface area (TPSA) is 88.6 Å². The van der Waals surface area contributed by atoms with E-state index in [-0.39, 0.29) is 5.16 Å². The van der Waals surface area contributed by atoms with Crippen molar-refractivity contribution >= 4 is 19.7 Å². The van der Waals surface area contributed by atoms with E-state index < -0.39 is 14.6 Å². The Morgan fingerprint density at radius 3 is 2.19 bits per heavy atom. The van der Waals surface area contributed by atoms with E-state index in [1.165, 1.54) is 4.57 Å². The Bertz CT molecular complexity index is 811. The Morgan fingerprint density at radius 1 is 1.19 bits per heavy atom. The maximum atomic E-state index is 11.6. The molecule has 0 radical (unpaired) electrons. The number of halogens is 1. The predicted molar refractivity (Wildman–Crippen MR) is 78.2 cm³/mol. The number of rotatable bonds is 2. The summed E-state index contributed by atoms with van der Waals surface area (Å²) in [5.41, 5.74) is 0.582. The number of nitrogens with zero attached hydrogens (tertiary/aromatic N) is 4. The van der Waals surface area contributed by atoms with Gasteiger partial charge in [-0.05, 0) is 45.0 Å². The minimum Gasteiger partial charge on any atom is -0.291 e. The Kier molecular flexibility index (Phi) is 3.78. The molecule has 0 saturated carbocycles. The van der Waals surface area contributed by atoms with E-state index in [0.29, 0.717) is 17.0 Å². The zero-order valence-electron chi connectivity index (χ0n) is 11.7. The number of benzene rings is 1. The van der Waals surface area contributed by atoms with Crippen LogP contribution in [0.3, 0.4) is 0 Å². The second kappa shape index (κ2) is 5.13. The van der Waals surface area contributed by atoms with Crippen molar-refractivity contribution < 1.29 is 8.42 Å². The van der Waals surface area contributed by atoms with Crippen molar-refractivity contribution in [3.05, 3.63) is 29.8 Å². The highest BCUT2D eigenvalue weighted by molar-refractivity contribution is 8.13. The molecule has 0 N–H and O–H groups in total. The molecule has 1 aromatic heterocycles. The number of nitriles is 1. The van der Waals surface area contributed by atoms with Crippen LogP contribution in [0.15, 0.2) is 29.4 Å². The maximum Gasteiger partial charge on any atom is 0.296 e. The normalized spacial score (nSPS) is 12.1. The third-order valence-electron chi connectivity index (χ3n) is 2.79. The number of hydrogen-bond acceptors (Lipinski definition) is 5. The van der Waals surface area contributed by atoms with Gasteiger partial charge in [0.2, 0.25) is 0 Å². The van der Waals surface area contributed by atoms with E-state index in [4.69, 9.17) is 15.9 Å². The standard InChI is InChI=1S/C13H13ClN4O2S/c1-13(2,3)18-11(16-17-12(18)21(14,19)20)10-6-4-9(8-15)5-7-10/h4-7H,1-3H3. The summed E-state index contributed by atoms with van der Waals surface area (Å²) in [5.74, 6) is 0.381. The summed E-state index contributed by atoms with van der Waals surface area (Å²) in [6.45, 7) is 5.49. The predicted octanol–water partition coefficient (Wildman–Crippen LogP) is 2.50. The minimum absolute atomic E-state index is 0.295. The fraction of sp³-hybridized carbons (Fsp3) is 0.308. The number of aromatic nitrogens is 3. The number of hydrogen-bond donors (Lipinski definition) is 0. The Labute approximate surface area is 127 Å². The van der Waals surface area contributed by atoms with Gasteiger partial charge in [-0.15, -0.1) is 10.2 Å². The highest BCUT2D eigenvalue weighted by Crippen LogP contribution is 2.29. The Hall–Kier alpha value is -1.91. The fourth-order valence-electron chi connectivity index (χ4n) is 1.91. The van der Waals surface area contributed by atoms with Crippen molar-refractivity contribution in [3.63, 3.8) is 0 Å². The highest BCUT2D eigenvalue weighted by Gasteiger charge is 2.30. The van der Waals surface area contributed by atoms with Crippen LogP contribution >= 0.6 is 10.7 Å². The van der Waals surface area contributed by atoms with Gasteiger partial charge in [0, 0.05) is 21.8 Å². The monoisotopic (exact) mass is 324 g/mol. The molecule has 0 aliphatic heterocycles. The van der Waals surface area contributed by atoms with Gasteiger partial charge in [-0.25, -0.2) is 8.42 Å². The van der Waals surface area contributed by atoms with Gasteiger partial charge < -0.3 is 0 Å². The van der Waals surface area contributed by atoms with Crippen LogP contribution in [0.1, 0.15) is 26.3 Å². The van der Waals surface area contributed by atoms with Crippen LogP contribution in [0.25, 0.3) is 11.4 Å². The first-order valence-electron chi connectivity index (χ1n) is 6.05. The summed E-state index contributed by atoms with van der Waals surface area (Å²) in [7, 11) is 1.42. The summed E-state index contributed by atoms with van der Waals surface area (Å²) in [4.78, 5) is 0. The molecule has 0 atom stereocenters. The summed E-state index contributed by atoms with van der Waals surface area (Å²) < 4.78 is 24.8. The molecule has 0 aliphatic rings. The zero-order chi connectivity index (χ0) is 15.8. The first-order chi connectivity index (χ1) is 9.64. The molecule has 110 valence electrons. The average molecular weight is 325 g/mol. The van der Waals surface area contributed by atoms with E-state index in [9.17, 15) is 8.42 Å². The molecule has 0 amide bonds. The molecule has 21 heavy (non-hydrogen) atoms. The summed E-state index contributed by atoms with van der Waals surface area (Å²) in [6, 6.07) is 8.66. The molecular weight excluding hydrogens is 312 g/mol. The van der Waals surface area contributed by atoms with Gasteiger partial charge in [0.05, 0.1) is 11.6 Å². The summed E-state index contributed by atoms with van der Waals surface area (Å²) in [6.07, 6.45) is 0. The van der Waals surface area contributed by atoms with Crippen molar-refractivity contribution in [2.75, 3.05) is 0 Å². The van der Waals surface area contributed by atoms with E-state index >= 15 is 0 Å². The maximum absolute atomic E-state index is 11.6. The molecule has 0 bridgehead atoms. The molecule has 8 heteroatoms. The lowest BCUT2D eigenvalue weighted by Crippen LogP contribution is -2.25. The Balaban J connectivity index is 2.70. The van der Waals surface area contributed by atoms with E-state index in [2.05, 4.69) is 10.2 Å². The van der Waals surface area contributed by atoms with Crippen LogP contribution in [-0.2, 0) is 14.6 Å². The zero-order valence-corrected chi connectivity index (χ0v) is 13.3. The first-order valence-corrected chi connectivity index (χ1v) is 8.36.